The van der Waals surface area contributed by atoms with Crippen LogP contribution in [-0.4, -0.2) is 57.4 Å². The van der Waals surface area contributed by atoms with Gasteiger partial charge >= 0.3 is 0 Å². The second-order valence-electron chi connectivity index (χ2n) is 6.73. The third-order valence-electron chi connectivity index (χ3n) is 3.24. The predicted molar refractivity (Wildman–Crippen MR) is 98.3 cm³/mol. The lowest BCUT2D eigenvalue weighted by atomic mass is 9.74. The van der Waals surface area contributed by atoms with Gasteiger partial charge < -0.3 is 25.7 Å². The maximum absolute atomic E-state index is 8.36. The van der Waals surface area contributed by atoms with E-state index in [1.807, 2.05) is 0 Å². The molecule has 1 rings (SSSR count). The van der Waals surface area contributed by atoms with Crippen LogP contribution >= 0.6 is 0 Å². The van der Waals surface area contributed by atoms with E-state index in [0.29, 0.717) is 11.1 Å². The van der Waals surface area contributed by atoms with Crippen molar-refractivity contribution in [3.8, 4) is 0 Å². The Morgan fingerprint density at radius 3 is 1.31 bits per heavy atom. The summed E-state index contributed by atoms with van der Waals surface area (Å²) in [6, 6.07) is 0. The van der Waals surface area contributed by atoms with E-state index in [1.54, 1.807) is 0 Å². The van der Waals surface area contributed by atoms with Crippen LogP contribution in [0.3, 0.4) is 0 Å². The van der Waals surface area contributed by atoms with Gasteiger partial charge in [0.1, 0.15) is 0 Å². The fraction of sp³-hybridized carbons (Fsp3) is 0.765. The van der Waals surface area contributed by atoms with Gasteiger partial charge in [0.15, 0.2) is 0 Å². The number of piperidine rings is 1. The topological polar surface area (TPSA) is 161 Å². The minimum Gasteiger partial charge on any atom is -0.483 e. The minimum absolute atomic E-state index is 0.250. The quantitative estimate of drug-likeness (QED) is 0.462. The zero-order chi connectivity index (χ0) is 21.6. The van der Waals surface area contributed by atoms with Crippen molar-refractivity contribution in [2.24, 2.45) is 5.92 Å². The van der Waals surface area contributed by atoms with Gasteiger partial charge in [-0.25, -0.2) is 0 Å². The van der Waals surface area contributed by atoms with Crippen LogP contribution in [0, 0.1) is 5.92 Å². The molecule has 0 aromatic rings. The summed E-state index contributed by atoms with van der Waals surface area (Å²) >= 11 is 0. The summed E-state index contributed by atoms with van der Waals surface area (Å²) < 4.78 is 0. The normalized spacial score (nSPS) is 16.0. The zero-order valence-corrected chi connectivity index (χ0v) is 16.3. The Hall–Kier alpha value is -2.16. The monoisotopic (exact) mass is 381 g/mol. The first-order chi connectivity index (χ1) is 12.0. The van der Waals surface area contributed by atoms with E-state index in [4.69, 9.17) is 39.6 Å². The molecule has 0 bridgehead atoms. The van der Waals surface area contributed by atoms with Crippen LogP contribution in [-0.2, 0) is 19.2 Å². The predicted octanol–water partition coefficient (Wildman–Crippen LogP) is 2.54. The van der Waals surface area contributed by atoms with Crippen molar-refractivity contribution in [1.29, 1.82) is 0 Å². The average Bonchev–Trinajstić information content (AvgIpc) is 2.45. The highest BCUT2D eigenvalue weighted by atomic mass is 16.4. The van der Waals surface area contributed by atoms with Crippen LogP contribution in [0.25, 0.3) is 0 Å². The summed E-state index contributed by atoms with van der Waals surface area (Å²) in [5.74, 6) is 0.932. The first-order valence-electron chi connectivity index (χ1n) is 8.11. The molecule has 1 saturated heterocycles. The largest absolute Gasteiger partial charge is 0.483 e. The molecule has 0 radical (unpaired) electrons. The highest BCUT2D eigenvalue weighted by Crippen LogP contribution is 2.35. The highest BCUT2D eigenvalue weighted by Gasteiger charge is 2.36. The number of unbranched alkanes of at least 4 members (excludes halogenated alkanes) is 1. The molecule has 1 heterocycles. The summed E-state index contributed by atoms with van der Waals surface area (Å²) in [7, 11) is 0. The second-order valence-corrected chi connectivity index (χ2v) is 6.73. The molecule has 156 valence electrons. The van der Waals surface area contributed by atoms with E-state index in [2.05, 4.69) is 39.9 Å². The molecule has 0 spiro atoms. The maximum Gasteiger partial charge on any atom is 0.290 e. The van der Waals surface area contributed by atoms with Crippen molar-refractivity contribution in [2.45, 2.75) is 77.8 Å². The molecule has 9 nitrogen and oxygen atoms in total. The maximum atomic E-state index is 8.36. The van der Waals surface area contributed by atoms with E-state index >= 15 is 0 Å². The number of carboxylic acid groups (broad SMARTS) is 4. The van der Waals surface area contributed by atoms with Crippen molar-refractivity contribution >= 4 is 25.9 Å². The summed E-state index contributed by atoms with van der Waals surface area (Å²) in [5, 5.41) is 31.3. The van der Waals surface area contributed by atoms with E-state index < -0.39 is 0 Å². The van der Waals surface area contributed by atoms with Crippen molar-refractivity contribution in [2.75, 3.05) is 0 Å². The first-order valence-corrected chi connectivity index (χ1v) is 8.11. The third-order valence-corrected chi connectivity index (χ3v) is 3.24. The van der Waals surface area contributed by atoms with Gasteiger partial charge in [0, 0.05) is 11.1 Å². The summed E-state index contributed by atoms with van der Waals surface area (Å²) in [6.07, 6.45) is 6.85. The van der Waals surface area contributed by atoms with Crippen LogP contribution in [0.1, 0.15) is 66.7 Å². The lowest BCUT2D eigenvalue weighted by Crippen LogP contribution is -2.57. The molecule has 0 atom stereocenters. The second kappa shape index (κ2) is 20.9. The summed E-state index contributed by atoms with van der Waals surface area (Å²) in [6.45, 7) is 10.6. The average molecular weight is 381 g/mol. The van der Waals surface area contributed by atoms with Gasteiger partial charge in [0.2, 0.25) is 0 Å². The van der Waals surface area contributed by atoms with Gasteiger partial charge in [-0.2, -0.15) is 0 Å². The fourth-order valence-corrected chi connectivity index (χ4v) is 3.23. The van der Waals surface area contributed by atoms with Crippen molar-refractivity contribution in [1.82, 2.24) is 5.32 Å². The molecule has 5 N–H and O–H groups in total. The Bertz CT molecular complexity index is 306. The first kappa shape index (κ1) is 31.6. The molecule has 0 aromatic heterocycles. The Kier molecular flexibility index (Phi) is 25.4. The number of carbonyl (C=O) groups is 4. The molecule has 0 unspecified atom stereocenters. The summed E-state index contributed by atoms with van der Waals surface area (Å²) in [4.78, 5) is 33.4. The van der Waals surface area contributed by atoms with Crippen LogP contribution in [0.15, 0.2) is 0 Å². The number of hydrogen-bond acceptors (Lipinski definition) is 5. The van der Waals surface area contributed by atoms with E-state index in [-0.39, 0.29) is 25.9 Å². The van der Waals surface area contributed by atoms with Crippen LogP contribution in [0.4, 0.5) is 0 Å². The Morgan fingerprint density at radius 2 is 1.08 bits per heavy atom. The number of rotatable bonds is 3. The molecule has 0 amide bonds. The third kappa shape index (κ3) is 29.8. The standard InChI is InChI=1S/C13H27N.4CH2O2/c1-6-7-8-11-9-12(2,3)14-13(4,5)10-11;4*2-1-3/h11,14H,6-10H2,1-5H3;4*1H,(H,2,3). The lowest BCUT2D eigenvalue weighted by Gasteiger charge is -2.46. The molecule has 9 heteroatoms. The Balaban J connectivity index is -0.000000167. The molecule has 1 aliphatic rings. The SMILES string of the molecule is CCCCC1CC(C)(C)NC(C)(C)C1.O=CO.O=CO.O=CO.O=CO. The minimum atomic E-state index is -0.250. The molecule has 1 aliphatic heterocycles. The van der Waals surface area contributed by atoms with E-state index in [9.17, 15) is 0 Å². The van der Waals surface area contributed by atoms with Gasteiger partial charge in [0.05, 0.1) is 0 Å². The fourth-order valence-electron chi connectivity index (χ4n) is 3.23. The lowest BCUT2D eigenvalue weighted by molar-refractivity contribution is -0.123. The molecule has 26 heavy (non-hydrogen) atoms. The number of nitrogens with one attached hydrogen (secondary N) is 1. The molecule has 0 saturated carbocycles. The van der Waals surface area contributed by atoms with Crippen molar-refractivity contribution in [3.63, 3.8) is 0 Å². The van der Waals surface area contributed by atoms with E-state index in [0.717, 1.165) is 5.92 Å². The Morgan fingerprint density at radius 1 is 0.808 bits per heavy atom. The number of hydrogen-bond donors (Lipinski definition) is 5. The van der Waals surface area contributed by atoms with Crippen LogP contribution in [0.2, 0.25) is 0 Å². The van der Waals surface area contributed by atoms with Gasteiger partial charge in [0.25, 0.3) is 25.9 Å². The van der Waals surface area contributed by atoms with E-state index in [1.165, 1.54) is 32.1 Å². The molecular weight excluding hydrogens is 346 g/mol. The summed E-state index contributed by atoms with van der Waals surface area (Å²) in [5.41, 5.74) is 0.667. The molecule has 1 fully saturated rings. The van der Waals surface area contributed by atoms with Crippen molar-refractivity contribution in [3.05, 3.63) is 0 Å². The van der Waals surface area contributed by atoms with Gasteiger partial charge in [-0.15, -0.1) is 0 Å². The van der Waals surface area contributed by atoms with Gasteiger partial charge in [-0.05, 0) is 46.5 Å². The van der Waals surface area contributed by atoms with Crippen LogP contribution < -0.4 is 5.32 Å². The zero-order valence-electron chi connectivity index (χ0n) is 16.3. The van der Waals surface area contributed by atoms with Gasteiger partial charge in [-0.3, -0.25) is 19.2 Å². The molecular formula is C17H35NO8. The molecule has 0 aliphatic carbocycles. The smallest absolute Gasteiger partial charge is 0.290 e. The van der Waals surface area contributed by atoms with Gasteiger partial charge in [-0.1, -0.05) is 26.2 Å². The highest BCUT2D eigenvalue weighted by molar-refractivity contribution is 5.33. The molecule has 0 aromatic carbocycles. The van der Waals surface area contributed by atoms with Crippen molar-refractivity contribution < 1.29 is 39.6 Å². The Labute approximate surface area is 155 Å². The van der Waals surface area contributed by atoms with Crippen LogP contribution in [0.5, 0.6) is 0 Å².